The number of thioether (sulfide) groups is 1. The van der Waals surface area contributed by atoms with Crippen LogP contribution in [0.5, 0.6) is 0 Å². The molecule has 0 amide bonds. The second-order valence-corrected chi connectivity index (χ2v) is 7.46. The quantitative estimate of drug-likeness (QED) is 0.674. The van der Waals surface area contributed by atoms with Gasteiger partial charge in [-0.2, -0.15) is 11.8 Å². The van der Waals surface area contributed by atoms with Gasteiger partial charge in [-0.1, -0.05) is 52.0 Å². The van der Waals surface area contributed by atoms with Gasteiger partial charge < -0.3 is 10.4 Å². The molecule has 21 heavy (non-hydrogen) atoms. The number of benzene rings is 1. The van der Waals surface area contributed by atoms with Crippen LogP contribution >= 0.6 is 11.8 Å². The van der Waals surface area contributed by atoms with E-state index in [1.165, 1.54) is 11.1 Å². The van der Waals surface area contributed by atoms with Gasteiger partial charge in [0, 0.05) is 23.7 Å². The monoisotopic (exact) mass is 309 g/mol. The smallest absolute Gasteiger partial charge is 0.0441 e. The molecule has 2 N–H and O–H groups in total. The van der Waals surface area contributed by atoms with Crippen molar-refractivity contribution in [2.45, 2.75) is 57.7 Å². The molecule has 0 saturated carbocycles. The van der Waals surface area contributed by atoms with Gasteiger partial charge in [0.25, 0.3) is 0 Å². The minimum absolute atomic E-state index is 0.282. The van der Waals surface area contributed by atoms with Crippen LogP contribution in [0.25, 0.3) is 0 Å². The van der Waals surface area contributed by atoms with E-state index in [1.54, 1.807) is 0 Å². The van der Waals surface area contributed by atoms with Gasteiger partial charge in [0.15, 0.2) is 0 Å². The number of aliphatic hydroxyl groups is 1. The zero-order chi connectivity index (χ0) is 15.7. The van der Waals surface area contributed by atoms with E-state index in [1.807, 2.05) is 11.8 Å². The van der Waals surface area contributed by atoms with E-state index >= 15 is 0 Å². The van der Waals surface area contributed by atoms with Gasteiger partial charge in [0.05, 0.1) is 0 Å². The second-order valence-electron chi connectivity index (χ2n) is 5.98. The Morgan fingerprint density at radius 3 is 2.24 bits per heavy atom. The maximum absolute atomic E-state index is 9.01. The highest BCUT2D eigenvalue weighted by Gasteiger charge is 2.13. The van der Waals surface area contributed by atoms with Crippen molar-refractivity contribution in [3.8, 4) is 0 Å². The maximum atomic E-state index is 9.01. The third-order valence-corrected chi connectivity index (χ3v) is 5.06. The minimum atomic E-state index is 0.282. The molecule has 2 unspecified atom stereocenters. The van der Waals surface area contributed by atoms with Crippen molar-refractivity contribution in [1.82, 2.24) is 5.32 Å². The summed E-state index contributed by atoms with van der Waals surface area (Å²) in [4.78, 5) is 0. The molecule has 1 aromatic rings. The lowest BCUT2D eigenvalue weighted by Crippen LogP contribution is -2.25. The van der Waals surface area contributed by atoms with Crippen LogP contribution in [0.15, 0.2) is 24.3 Å². The molecule has 2 nitrogen and oxygen atoms in total. The summed E-state index contributed by atoms with van der Waals surface area (Å²) < 4.78 is 0. The molecular formula is C18H31NOS. The summed E-state index contributed by atoms with van der Waals surface area (Å²) in [6, 6.07) is 9.43. The highest BCUT2D eigenvalue weighted by molar-refractivity contribution is 7.99. The van der Waals surface area contributed by atoms with Gasteiger partial charge >= 0.3 is 0 Å². The molecule has 0 aromatic heterocycles. The van der Waals surface area contributed by atoms with Crippen LogP contribution in [0.2, 0.25) is 0 Å². The molecule has 0 spiro atoms. The first-order chi connectivity index (χ1) is 10.1. The van der Waals surface area contributed by atoms with Gasteiger partial charge in [-0.05, 0) is 36.4 Å². The average molecular weight is 310 g/mol. The Hall–Kier alpha value is -0.510. The zero-order valence-corrected chi connectivity index (χ0v) is 14.7. The van der Waals surface area contributed by atoms with Crippen molar-refractivity contribution in [1.29, 1.82) is 0 Å². The van der Waals surface area contributed by atoms with E-state index in [0.717, 1.165) is 25.1 Å². The molecule has 0 fully saturated rings. The fraction of sp³-hybridized carbons (Fsp3) is 0.667. The van der Waals surface area contributed by atoms with Gasteiger partial charge in [-0.25, -0.2) is 0 Å². The Labute approximate surface area is 134 Å². The molecule has 0 bridgehead atoms. The highest BCUT2D eigenvalue weighted by Crippen LogP contribution is 2.24. The van der Waals surface area contributed by atoms with Crippen molar-refractivity contribution in [2.75, 3.05) is 18.9 Å². The number of nitrogens with one attached hydrogen (secondary N) is 1. The first-order valence-corrected chi connectivity index (χ1v) is 9.19. The van der Waals surface area contributed by atoms with Crippen LogP contribution in [0, 0.1) is 0 Å². The summed E-state index contributed by atoms with van der Waals surface area (Å²) >= 11 is 1.94. The van der Waals surface area contributed by atoms with Crippen molar-refractivity contribution in [3.05, 3.63) is 35.4 Å². The standard InChI is InChI=1S/C18H31NOS/c1-5-11-19-18(13-21-15(4)10-12-20)17-8-6-16(7-9-17)14(2)3/h6-9,14-15,18-20H,5,10-13H2,1-4H3. The summed E-state index contributed by atoms with van der Waals surface area (Å²) in [6.45, 7) is 10.2. The minimum Gasteiger partial charge on any atom is -0.396 e. The normalized spacial score (nSPS) is 14.4. The predicted molar refractivity (Wildman–Crippen MR) is 95.2 cm³/mol. The predicted octanol–water partition coefficient (Wildman–Crippen LogP) is 4.35. The maximum Gasteiger partial charge on any atom is 0.0441 e. The second kappa shape index (κ2) is 10.3. The lowest BCUT2D eigenvalue weighted by molar-refractivity contribution is 0.289. The number of rotatable bonds is 10. The van der Waals surface area contributed by atoms with Crippen molar-refractivity contribution in [2.24, 2.45) is 0 Å². The molecule has 0 radical (unpaired) electrons. The summed E-state index contributed by atoms with van der Waals surface area (Å²) in [7, 11) is 0. The molecule has 120 valence electrons. The SMILES string of the molecule is CCCNC(CSC(C)CCO)c1ccc(C(C)C)cc1. The summed E-state index contributed by atoms with van der Waals surface area (Å²) in [6.07, 6.45) is 2.02. The van der Waals surface area contributed by atoms with E-state index in [2.05, 4.69) is 57.3 Å². The van der Waals surface area contributed by atoms with Crippen LogP contribution < -0.4 is 5.32 Å². The number of hydrogen-bond acceptors (Lipinski definition) is 3. The van der Waals surface area contributed by atoms with E-state index in [4.69, 9.17) is 5.11 Å². The van der Waals surface area contributed by atoms with Gasteiger partial charge in [0.1, 0.15) is 0 Å². The first kappa shape index (κ1) is 18.5. The molecule has 1 aromatic carbocycles. The summed E-state index contributed by atoms with van der Waals surface area (Å²) in [5.74, 6) is 1.64. The molecule has 2 atom stereocenters. The first-order valence-electron chi connectivity index (χ1n) is 8.14. The molecule has 0 heterocycles. The Morgan fingerprint density at radius 1 is 1.10 bits per heavy atom. The Morgan fingerprint density at radius 2 is 1.71 bits per heavy atom. The Kier molecular flexibility index (Phi) is 9.05. The van der Waals surface area contributed by atoms with Crippen LogP contribution in [0.4, 0.5) is 0 Å². The summed E-state index contributed by atoms with van der Waals surface area (Å²) in [5.41, 5.74) is 2.77. The lowest BCUT2D eigenvalue weighted by Gasteiger charge is -2.21. The molecule has 1 rings (SSSR count). The van der Waals surface area contributed by atoms with Gasteiger partial charge in [-0.3, -0.25) is 0 Å². The fourth-order valence-electron chi connectivity index (χ4n) is 2.23. The topological polar surface area (TPSA) is 32.3 Å². The molecule has 0 saturated heterocycles. The van der Waals surface area contributed by atoms with E-state index in [9.17, 15) is 0 Å². The lowest BCUT2D eigenvalue weighted by atomic mass is 9.99. The average Bonchev–Trinajstić information content (AvgIpc) is 2.48. The van der Waals surface area contributed by atoms with Crippen molar-refractivity contribution < 1.29 is 5.11 Å². The third kappa shape index (κ3) is 6.86. The van der Waals surface area contributed by atoms with Crippen LogP contribution in [-0.4, -0.2) is 29.3 Å². The molecular weight excluding hydrogens is 278 g/mol. The molecule has 3 heteroatoms. The Balaban J connectivity index is 2.67. The van der Waals surface area contributed by atoms with Crippen molar-refractivity contribution >= 4 is 11.8 Å². The van der Waals surface area contributed by atoms with Crippen LogP contribution in [0.1, 0.15) is 63.6 Å². The van der Waals surface area contributed by atoms with E-state index in [-0.39, 0.29) is 6.61 Å². The van der Waals surface area contributed by atoms with Gasteiger partial charge in [-0.15, -0.1) is 0 Å². The van der Waals surface area contributed by atoms with E-state index in [0.29, 0.717) is 17.2 Å². The fourth-order valence-corrected chi connectivity index (χ4v) is 3.33. The molecule has 0 aliphatic heterocycles. The van der Waals surface area contributed by atoms with E-state index < -0.39 is 0 Å². The summed E-state index contributed by atoms with van der Waals surface area (Å²) in [5, 5.41) is 13.2. The van der Waals surface area contributed by atoms with Crippen molar-refractivity contribution in [3.63, 3.8) is 0 Å². The largest absolute Gasteiger partial charge is 0.396 e. The van der Waals surface area contributed by atoms with Crippen LogP contribution in [-0.2, 0) is 0 Å². The zero-order valence-electron chi connectivity index (χ0n) is 13.9. The van der Waals surface area contributed by atoms with Crippen LogP contribution in [0.3, 0.4) is 0 Å². The highest BCUT2D eigenvalue weighted by atomic mass is 32.2. The number of aliphatic hydroxyl groups excluding tert-OH is 1. The molecule has 0 aliphatic carbocycles. The third-order valence-electron chi connectivity index (χ3n) is 3.73. The number of hydrogen-bond donors (Lipinski definition) is 2. The van der Waals surface area contributed by atoms with Gasteiger partial charge in [0.2, 0.25) is 0 Å². The Bertz CT molecular complexity index is 377. The molecule has 0 aliphatic rings.